The fraction of sp³-hybridized carbons (Fsp3) is 0.292. The van der Waals surface area contributed by atoms with Crippen molar-refractivity contribution in [2.24, 2.45) is 12.8 Å². The zero-order valence-corrected chi connectivity index (χ0v) is 17.5. The van der Waals surface area contributed by atoms with Crippen molar-refractivity contribution in [1.82, 2.24) is 19.0 Å². The number of imidazole rings is 1. The number of fused-ring (bicyclic) bond motifs is 2. The lowest BCUT2D eigenvalue weighted by Gasteiger charge is -2.30. The number of likely N-dealkylation sites (tertiary alicyclic amines) is 1. The highest BCUT2D eigenvalue weighted by Crippen LogP contribution is 2.30. The van der Waals surface area contributed by atoms with Crippen molar-refractivity contribution in [2.45, 2.75) is 25.4 Å². The molecule has 0 bridgehead atoms. The minimum Gasteiger partial charge on any atom is -0.337 e. The van der Waals surface area contributed by atoms with E-state index in [-0.39, 0.29) is 18.5 Å². The number of nitriles is 1. The van der Waals surface area contributed by atoms with Gasteiger partial charge in [-0.05, 0) is 43.2 Å². The van der Waals surface area contributed by atoms with Crippen LogP contribution in [0.3, 0.4) is 0 Å². The molecule has 1 amide bonds. The minimum atomic E-state index is 0.00264. The lowest BCUT2D eigenvalue weighted by atomic mass is 10.1. The molecule has 156 valence electrons. The summed E-state index contributed by atoms with van der Waals surface area (Å²) in [5, 5.41) is 10.4. The summed E-state index contributed by atoms with van der Waals surface area (Å²) in [6, 6.07) is 18.0. The van der Waals surface area contributed by atoms with E-state index in [1.807, 2.05) is 63.5 Å². The van der Waals surface area contributed by atoms with Gasteiger partial charge in [-0.25, -0.2) is 4.98 Å². The van der Waals surface area contributed by atoms with Crippen LogP contribution in [-0.4, -0.2) is 44.1 Å². The largest absolute Gasteiger partial charge is 0.337 e. The second-order valence-electron chi connectivity index (χ2n) is 8.18. The van der Waals surface area contributed by atoms with Gasteiger partial charge in [0.1, 0.15) is 6.54 Å². The maximum absolute atomic E-state index is 13.0. The Labute approximate surface area is 180 Å². The number of carbonyl (C=O) groups excluding carboxylic acids is 1. The van der Waals surface area contributed by atoms with Gasteiger partial charge in [0.25, 0.3) is 5.91 Å². The van der Waals surface area contributed by atoms with E-state index in [1.54, 1.807) is 0 Å². The molecule has 3 heterocycles. The van der Waals surface area contributed by atoms with Crippen LogP contribution in [0, 0.1) is 11.3 Å². The van der Waals surface area contributed by atoms with Crippen LogP contribution in [0.1, 0.15) is 23.2 Å². The molecule has 31 heavy (non-hydrogen) atoms. The average Bonchev–Trinajstić information content (AvgIpc) is 3.31. The highest BCUT2D eigenvalue weighted by atomic mass is 16.2. The molecular weight excluding hydrogens is 388 g/mol. The van der Waals surface area contributed by atoms with Crippen molar-refractivity contribution in [1.29, 1.82) is 5.26 Å². The van der Waals surface area contributed by atoms with E-state index in [2.05, 4.69) is 12.1 Å². The first kappa shape index (κ1) is 19.3. The fourth-order valence-corrected chi connectivity index (χ4v) is 4.58. The van der Waals surface area contributed by atoms with Gasteiger partial charge in [0.2, 0.25) is 0 Å². The number of carbonyl (C=O) groups is 1. The minimum absolute atomic E-state index is 0.00264. The number of piperidine rings is 1. The first-order valence-corrected chi connectivity index (χ1v) is 10.5. The topological polar surface area (TPSA) is 92.9 Å². The van der Waals surface area contributed by atoms with E-state index in [0.29, 0.717) is 12.1 Å². The van der Waals surface area contributed by atoms with Crippen LogP contribution in [0.2, 0.25) is 0 Å². The number of hydrogen-bond donors (Lipinski definition) is 1. The number of rotatable bonds is 3. The van der Waals surface area contributed by atoms with E-state index < -0.39 is 0 Å². The lowest BCUT2D eigenvalue weighted by molar-refractivity contribution is 0.0709. The number of aryl methyl sites for hydroxylation is 1. The number of nitrogens with zero attached hydrogens (tertiary/aromatic N) is 5. The normalized spacial score (nSPS) is 16.7. The SMILES string of the molecule is Cn1c(-c2cc3ccccc3n2CC#N)nc2cc(C(=O)N3CCC[C@@H](N)C3)ccc21. The molecule has 2 aromatic heterocycles. The summed E-state index contributed by atoms with van der Waals surface area (Å²) >= 11 is 0. The lowest BCUT2D eigenvalue weighted by Crippen LogP contribution is -2.45. The third kappa shape index (κ3) is 3.25. The molecule has 5 rings (SSSR count). The molecule has 1 fully saturated rings. The van der Waals surface area contributed by atoms with Gasteiger partial charge in [0, 0.05) is 42.6 Å². The highest BCUT2D eigenvalue weighted by Gasteiger charge is 2.23. The number of para-hydroxylation sites is 1. The van der Waals surface area contributed by atoms with Crippen molar-refractivity contribution in [2.75, 3.05) is 13.1 Å². The summed E-state index contributed by atoms with van der Waals surface area (Å²) in [7, 11) is 1.96. The second kappa shape index (κ2) is 7.56. The monoisotopic (exact) mass is 412 g/mol. The molecule has 4 aromatic rings. The molecular formula is C24H24N6O. The van der Waals surface area contributed by atoms with Crippen LogP contribution in [-0.2, 0) is 13.6 Å². The molecule has 2 N–H and O–H groups in total. The number of hydrogen-bond acceptors (Lipinski definition) is 4. The van der Waals surface area contributed by atoms with Gasteiger partial charge in [0.05, 0.1) is 22.8 Å². The van der Waals surface area contributed by atoms with E-state index in [9.17, 15) is 10.1 Å². The molecule has 0 unspecified atom stereocenters. The summed E-state index contributed by atoms with van der Waals surface area (Å²) < 4.78 is 4.00. The van der Waals surface area contributed by atoms with Crippen LogP contribution in [0.4, 0.5) is 0 Å². The van der Waals surface area contributed by atoms with Gasteiger partial charge in [-0.1, -0.05) is 18.2 Å². The van der Waals surface area contributed by atoms with Gasteiger partial charge in [0.15, 0.2) is 5.82 Å². The van der Waals surface area contributed by atoms with Crippen molar-refractivity contribution in [3.8, 4) is 17.6 Å². The van der Waals surface area contributed by atoms with Crippen LogP contribution in [0.25, 0.3) is 33.5 Å². The van der Waals surface area contributed by atoms with Crippen molar-refractivity contribution < 1.29 is 4.79 Å². The molecule has 1 aliphatic rings. The number of benzene rings is 2. The van der Waals surface area contributed by atoms with Crippen molar-refractivity contribution in [3.63, 3.8) is 0 Å². The fourth-order valence-electron chi connectivity index (χ4n) is 4.58. The predicted octanol–water partition coefficient (Wildman–Crippen LogP) is 3.28. The summed E-state index contributed by atoms with van der Waals surface area (Å²) in [6.07, 6.45) is 1.90. The van der Waals surface area contributed by atoms with Gasteiger partial charge in [-0.3, -0.25) is 4.79 Å². The Balaban J connectivity index is 1.58. The number of nitrogens with two attached hydrogens (primary N) is 1. The number of amides is 1. The zero-order valence-electron chi connectivity index (χ0n) is 17.5. The van der Waals surface area contributed by atoms with E-state index >= 15 is 0 Å². The molecule has 1 aliphatic heterocycles. The molecule has 0 saturated carbocycles. The van der Waals surface area contributed by atoms with Crippen molar-refractivity contribution >= 4 is 27.8 Å². The molecule has 7 nitrogen and oxygen atoms in total. The van der Waals surface area contributed by atoms with Crippen molar-refractivity contribution in [3.05, 3.63) is 54.1 Å². The Bertz CT molecular complexity index is 1340. The summed E-state index contributed by atoms with van der Waals surface area (Å²) in [5.41, 5.74) is 10.3. The molecule has 1 saturated heterocycles. The van der Waals surface area contributed by atoms with Gasteiger partial charge < -0.3 is 19.8 Å². The van der Waals surface area contributed by atoms with E-state index in [1.165, 1.54) is 0 Å². The van der Waals surface area contributed by atoms with Crippen LogP contribution in [0.15, 0.2) is 48.5 Å². The molecule has 1 atom stereocenters. The predicted molar refractivity (Wildman–Crippen MR) is 120 cm³/mol. The number of aromatic nitrogens is 3. The Morgan fingerprint density at radius 2 is 2.06 bits per heavy atom. The third-order valence-electron chi connectivity index (χ3n) is 6.14. The van der Waals surface area contributed by atoms with Crippen LogP contribution >= 0.6 is 0 Å². The average molecular weight is 412 g/mol. The van der Waals surface area contributed by atoms with Crippen LogP contribution in [0.5, 0.6) is 0 Å². The quantitative estimate of drug-likeness (QED) is 0.559. The standard InChI is InChI=1S/C24H24N6O/c1-28-21-9-8-17(24(31)29-11-4-6-18(26)15-29)13-19(21)27-23(28)22-14-16-5-2-3-7-20(16)30(22)12-10-25/h2-3,5,7-9,13-14,18H,4,6,11-12,15,26H2,1H3/t18-/m1/s1. The molecule has 2 aromatic carbocycles. The smallest absolute Gasteiger partial charge is 0.253 e. The summed E-state index contributed by atoms with van der Waals surface area (Å²) in [5.74, 6) is 0.772. The molecule has 0 radical (unpaired) electrons. The summed E-state index contributed by atoms with van der Waals surface area (Å²) in [6.45, 7) is 1.58. The molecule has 0 spiro atoms. The first-order valence-electron chi connectivity index (χ1n) is 10.5. The molecule has 0 aliphatic carbocycles. The van der Waals surface area contributed by atoms with E-state index in [4.69, 9.17) is 10.7 Å². The van der Waals surface area contributed by atoms with Gasteiger partial charge in [-0.2, -0.15) is 5.26 Å². The molecule has 7 heteroatoms. The second-order valence-corrected chi connectivity index (χ2v) is 8.18. The Hall–Kier alpha value is -3.63. The first-order chi connectivity index (χ1) is 15.1. The van der Waals surface area contributed by atoms with Gasteiger partial charge >= 0.3 is 0 Å². The Kier molecular flexibility index (Phi) is 4.72. The van der Waals surface area contributed by atoms with Crippen LogP contribution < -0.4 is 5.73 Å². The third-order valence-corrected chi connectivity index (χ3v) is 6.14. The Morgan fingerprint density at radius 1 is 1.23 bits per heavy atom. The maximum Gasteiger partial charge on any atom is 0.253 e. The Morgan fingerprint density at radius 3 is 2.87 bits per heavy atom. The highest BCUT2D eigenvalue weighted by molar-refractivity contribution is 5.98. The maximum atomic E-state index is 13.0. The van der Waals surface area contributed by atoms with Gasteiger partial charge in [-0.15, -0.1) is 0 Å². The summed E-state index contributed by atoms with van der Waals surface area (Å²) in [4.78, 5) is 19.7. The van der Waals surface area contributed by atoms with E-state index in [0.717, 1.165) is 52.8 Å². The zero-order chi connectivity index (χ0) is 21.5.